The molecule has 2 N–H and O–H groups in total. The molecule has 124 valence electrons. The zero-order valence-corrected chi connectivity index (χ0v) is 14.1. The molecular weight excluding hydrogens is 292 g/mol. The van der Waals surface area contributed by atoms with Gasteiger partial charge >= 0.3 is 12.0 Å². The van der Waals surface area contributed by atoms with Gasteiger partial charge in [0.1, 0.15) is 6.04 Å². The number of esters is 1. The average Bonchev–Trinajstić information content (AvgIpc) is 2.49. The SMILES string of the molecule is CCCCOCCCNC(=O)N[C@@H](CCSC)C(=O)OC. The first-order valence-corrected chi connectivity index (χ1v) is 8.74. The van der Waals surface area contributed by atoms with Crippen LogP contribution in [0.4, 0.5) is 4.79 Å². The van der Waals surface area contributed by atoms with Crippen LogP contribution >= 0.6 is 11.8 Å². The van der Waals surface area contributed by atoms with Crippen molar-refractivity contribution >= 4 is 23.8 Å². The van der Waals surface area contributed by atoms with Gasteiger partial charge < -0.3 is 20.1 Å². The summed E-state index contributed by atoms with van der Waals surface area (Å²) in [7, 11) is 1.32. The van der Waals surface area contributed by atoms with Crippen LogP contribution in [0.3, 0.4) is 0 Å². The summed E-state index contributed by atoms with van der Waals surface area (Å²) in [6, 6.07) is -0.941. The van der Waals surface area contributed by atoms with Gasteiger partial charge in [0.15, 0.2) is 0 Å². The third kappa shape index (κ3) is 11.4. The van der Waals surface area contributed by atoms with Crippen molar-refractivity contribution in [2.45, 2.75) is 38.6 Å². The Kier molecular flexibility index (Phi) is 13.4. The van der Waals surface area contributed by atoms with E-state index in [1.807, 2.05) is 6.26 Å². The molecule has 0 heterocycles. The van der Waals surface area contributed by atoms with Gasteiger partial charge in [-0.15, -0.1) is 0 Å². The van der Waals surface area contributed by atoms with Crippen LogP contribution in [0.2, 0.25) is 0 Å². The number of nitrogens with one attached hydrogen (secondary N) is 2. The molecule has 0 bridgehead atoms. The smallest absolute Gasteiger partial charge is 0.328 e. The van der Waals surface area contributed by atoms with Crippen LogP contribution in [-0.4, -0.2) is 56.9 Å². The summed E-state index contributed by atoms with van der Waals surface area (Å²) in [5, 5.41) is 5.35. The van der Waals surface area contributed by atoms with E-state index in [0.29, 0.717) is 19.6 Å². The van der Waals surface area contributed by atoms with E-state index in [2.05, 4.69) is 22.3 Å². The Morgan fingerprint density at radius 3 is 2.57 bits per heavy atom. The predicted octanol–water partition coefficient (Wildman–Crippen LogP) is 1.79. The standard InChI is InChI=1S/C14H28N2O4S/c1-4-5-9-20-10-6-8-15-14(18)16-12(7-11-21-3)13(17)19-2/h12H,4-11H2,1-3H3,(H2,15,16,18)/t12-/m0/s1. The summed E-state index contributed by atoms with van der Waals surface area (Å²) < 4.78 is 10.1. The lowest BCUT2D eigenvalue weighted by atomic mass is 10.2. The van der Waals surface area contributed by atoms with Crippen molar-refractivity contribution < 1.29 is 19.1 Å². The van der Waals surface area contributed by atoms with Crippen molar-refractivity contribution in [1.29, 1.82) is 0 Å². The fourth-order valence-corrected chi connectivity index (χ4v) is 2.03. The number of ether oxygens (including phenoxy) is 2. The summed E-state index contributed by atoms with van der Waals surface area (Å²) in [6.45, 7) is 4.04. The Balaban J connectivity index is 3.79. The lowest BCUT2D eigenvalue weighted by molar-refractivity contribution is -0.142. The van der Waals surface area contributed by atoms with Gasteiger partial charge in [0.25, 0.3) is 0 Å². The first-order valence-electron chi connectivity index (χ1n) is 7.34. The van der Waals surface area contributed by atoms with Crippen LogP contribution in [0.5, 0.6) is 0 Å². The van der Waals surface area contributed by atoms with Crippen molar-refractivity contribution in [1.82, 2.24) is 10.6 Å². The quantitative estimate of drug-likeness (QED) is 0.423. The molecule has 0 aliphatic carbocycles. The molecule has 2 amide bonds. The summed E-state index contributed by atoms with van der Waals surface area (Å²) in [5.41, 5.74) is 0. The van der Waals surface area contributed by atoms with E-state index in [4.69, 9.17) is 4.74 Å². The van der Waals surface area contributed by atoms with Gasteiger partial charge in [-0.1, -0.05) is 13.3 Å². The fraction of sp³-hybridized carbons (Fsp3) is 0.857. The second-order valence-corrected chi connectivity index (χ2v) is 5.56. The first-order chi connectivity index (χ1) is 10.2. The molecule has 0 rings (SSSR count). The van der Waals surface area contributed by atoms with E-state index in [9.17, 15) is 9.59 Å². The molecule has 1 atom stereocenters. The minimum atomic E-state index is -0.594. The minimum absolute atomic E-state index is 0.347. The summed E-state index contributed by atoms with van der Waals surface area (Å²) >= 11 is 1.62. The number of carbonyl (C=O) groups excluding carboxylic acids is 2. The lowest BCUT2D eigenvalue weighted by Gasteiger charge is -2.16. The molecule has 0 fully saturated rings. The summed E-state index contributed by atoms with van der Waals surface area (Å²) in [5.74, 6) is 0.368. The van der Waals surface area contributed by atoms with Gasteiger partial charge in [-0.25, -0.2) is 9.59 Å². The molecular formula is C14H28N2O4S. The Morgan fingerprint density at radius 1 is 1.24 bits per heavy atom. The number of carbonyl (C=O) groups is 2. The van der Waals surface area contributed by atoms with Crippen LogP contribution in [0.25, 0.3) is 0 Å². The van der Waals surface area contributed by atoms with Crippen LogP contribution < -0.4 is 10.6 Å². The number of rotatable bonds is 12. The molecule has 0 aliphatic rings. The normalized spacial score (nSPS) is 11.8. The highest BCUT2D eigenvalue weighted by molar-refractivity contribution is 7.98. The van der Waals surface area contributed by atoms with Gasteiger partial charge in [-0.2, -0.15) is 11.8 Å². The lowest BCUT2D eigenvalue weighted by Crippen LogP contribution is -2.47. The number of thioether (sulfide) groups is 1. The molecule has 0 aromatic heterocycles. The maximum Gasteiger partial charge on any atom is 0.328 e. The summed E-state index contributed by atoms with van der Waals surface area (Å²) in [4.78, 5) is 23.2. The van der Waals surface area contributed by atoms with Gasteiger partial charge in [-0.05, 0) is 31.3 Å². The van der Waals surface area contributed by atoms with Crippen molar-refractivity contribution in [3.05, 3.63) is 0 Å². The molecule has 6 nitrogen and oxygen atoms in total. The van der Waals surface area contributed by atoms with E-state index in [0.717, 1.165) is 31.6 Å². The fourth-order valence-electron chi connectivity index (χ4n) is 1.56. The highest BCUT2D eigenvalue weighted by Gasteiger charge is 2.20. The third-order valence-corrected chi connectivity index (χ3v) is 3.44. The molecule has 0 saturated carbocycles. The Morgan fingerprint density at radius 2 is 1.95 bits per heavy atom. The Hall–Kier alpha value is -0.950. The van der Waals surface area contributed by atoms with Crippen molar-refractivity contribution in [2.75, 3.05) is 38.9 Å². The average molecular weight is 320 g/mol. The van der Waals surface area contributed by atoms with Crippen LogP contribution in [0, 0.1) is 0 Å². The molecule has 0 aromatic carbocycles. The number of urea groups is 1. The topological polar surface area (TPSA) is 76.7 Å². The highest BCUT2D eigenvalue weighted by Crippen LogP contribution is 2.02. The zero-order valence-electron chi connectivity index (χ0n) is 13.3. The van der Waals surface area contributed by atoms with Crippen LogP contribution in [0.1, 0.15) is 32.6 Å². The van der Waals surface area contributed by atoms with Crippen molar-refractivity contribution in [3.63, 3.8) is 0 Å². The number of hydrogen-bond acceptors (Lipinski definition) is 5. The van der Waals surface area contributed by atoms with E-state index in [-0.39, 0.29) is 6.03 Å². The Bertz CT molecular complexity index is 290. The van der Waals surface area contributed by atoms with Crippen molar-refractivity contribution in [2.24, 2.45) is 0 Å². The Labute approximate surface area is 131 Å². The monoisotopic (exact) mass is 320 g/mol. The second kappa shape index (κ2) is 14.0. The highest BCUT2D eigenvalue weighted by atomic mass is 32.2. The first kappa shape index (κ1) is 20.1. The van der Waals surface area contributed by atoms with Gasteiger partial charge in [-0.3, -0.25) is 0 Å². The molecule has 0 spiro atoms. The van der Waals surface area contributed by atoms with Gasteiger partial charge in [0.05, 0.1) is 7.11 Å². The van der Waals surface area contributed by atoms with E-state index in [1.165, 1.54) is 7.11 Å². The molecule has 0 saturated heterocycles. The maximum atomic E-state index is 11.7. The zero-order chi connectivity index (χ0) is 15.9. The number of amides is 2. The summed E-state index contributed by atoms with van der Waals surface area (Å²) in [6.07, 6.45) is 5.44. The van der Waals surface area contributed by atoms with Gasteiger partial charge in [0.2, 0.25) is 0 Å². The predicted molar refractivity (Wildman–Crippen MR) is 85.7 cm³/mol. The largest absolute Gasteiger partial charge is 0.467 e. The van der Waals surface area contributed by atoms with E-state index >= 15 is 0 Å². The van der Waals surface area contributed by atoms with Crippen LogP contribution in [0.15, 0.2) is 0 Å². The molecule has 0 unspecified atom stereocenters. The minimum Gasteiger partial charge on any atom is -0.467 e. The molecule has 0 radical (unpaired) electrons. The van der Waals surface area contributed by atoms with E-state index < -0.39 is 12.0 Å². The molecule has 0 aromatic rings. The van der Waals surface area contributed by atoms with Crippen LogP contribution in [-0.2, 0) is 14.3 Å². The number of methoxy groups -OCH3 is 1. The molecule has 0 aliphatic heterocycles. The molecule has 21 heavy (non-hydrogen) atoms. The number of hydrogen-bond donors (Lipinski definition) is 2. The van der Waals surface area contributed by atoms with Crippen molar-refractivity contribution in [3.8, 4) is 0 Å². The third-order valence-electron chi connectivity index (χ3n) is 2.79. The van der Waals surface area contributed by atoms with Gasteiger partial charge in [0, 0.05) is 19.8 Å². The number of unbranched alkanes of at least 4 members (excludes halogenated alkanes) is 1. The van der Waals surface area contributed by atoms with E-state index in [1.54, 1.807) is 11.8 Å². The second-order valence-electron chi connectivity index (χ2n) is 4.58. The maximum absolute atomic E-state index is 11.7. The molecule has 7 heteroatoms.